The van der Waals surface area contributed by atoms with Gasteiger partial charge >= 0.3 is 5.97 Å². The molecular formula is C12H24O2S. The second-order valence-corrected chi connectivity index (χ2v) is 6.53. The van der Waals surface area contributed by atoms with Gasteiger partial charge < -0.3 is 4.74 Å². The van der Waals surface area contributed by atoms with Gasteiger partial charge in [0, 0.05) is 1.37 Å². The highest BCUT2D eigenvalue weighted by molar-refractivity contribution is 7.98. The first kappa shape index (κ1) is 12.9. The standard InChI is InChI=1S/C12H24O2S/c1-11(2,3)9(12(4,5)6)10(13)14-8-15-7/h9H,8H2,1-7H3/i9D. The lowest BCUT2D eigenvalue weighted by Gasteiger charge is -2.38. The quantitative estimate of drug-likeness (QED) is 0.551. The van der Waals surface area contributed by atoms with Gasteiger partial charge in [-0.3, -0.25) is 4.79 Å². The van der Waals surface area contributed by atoms with Gasteiger partial charge in [-0.25, -0.2) is 0 Å². The van der Waals surface area contributed by atoms with Crippen LogP contribution >= 0.6 is 11.8 Å². The Labute approximate surface area is 99.6 Å². The van der Waals surface area contributed by atoms with Gasteiger partial charge in [0.25, 0.3) is 0 Å². The van der Waals surface area contributed by atoms with E-state index in [0.717, 1.165) is 0 Å². The van der Waals surface area contributed by atoms with Gasteiger partial charge in [-0.2, -0.15) is 0 Å². The SMILES string of the molecule is [2H]C(C(=O)OCSC)(C(C)(C)C)C(C)(C)C. The first-order valence-electron chi connectivity index (χ1n) is 5.64. The van der Waals surface area contributed by atoms with E-state index < -0.39 is 22.7 Å². The molecule has 90 valence electrons. The van der Waals surface area contributed by atoms with Crippen molar-refractivity contribution in [1.29, 1.82) is 0 Å². The molecule has 0 radical (unpaired) electrons. The summed E-state index contributed by atoms with van der Waals surface area (Å²) in [6.45, 7) is 11.4. The summed E-state index contributed by atoms with van der Waals surface area (Å²) in [6.07, 6.45) is 1.87. The topological polar surface area (TPSA) is 26.3 Å². The van der Waals surface area contributed by atoms with Gasteiger partial charge in [0.1, 0.15) is 5.94 Å². The predicted molar refractivity (Wildman–Crippen MR) is 66.9 cm³/mol. The Kier molecular flexibility index (Phi) is 4.50. The van der Waals surface area contributed by atoms with Crippen LogP contribution in [-0.2, 0) is 9.53 Å². The lowest BCUT2D eigenvalue weighted by Crippen LogP contribution is -2.39. The fourth-order valence-corrected chi connectivity index (χ4v) is 2.15. The van der Waals surface area contributed by atoms with Crippen LogP contribution in [0.5, 0.6) is 0 Å². The zero-order valence-corrected chi connectivity index (χ0v) is 11.7. The van der Waals surface area contributed by atoms with Crippen LogP contribution in [0, 0.1) is 16.7 Å². The smallest absolute Gasteiger partial charge is 0.310 e. The molecule has 0 aliphatic carbocycles. The highest BCUT2D eigenvalue weighted by atomic mass is 32.2. The van der Waals surface area contributed by atoms with Crippen LogP contribution in [0.15, 0.2) is 0 Å². The average molecular weight is 233 g/mol. The van der Waals surface area contributed by atoms with Crippen molar-refractivity contribution >= 4 is 17.7 Å². The highest BCUT2D eigenvalue weighted by Gasteiger charge is 2.41. The monoisotopic (exact) mass is 233 g/mol. The van der Waals surface area contributed by atoms with Crippen molar-refractivity contribution in [2.75, 3.05) is 12.2 Å². The zero-order chi connectivity index (χ0) is 13.2. The van der Waals surface area contributed by atoms with Crippen LogP contribution < -0.4 is 0 Å². The van der Waals surface area contributed by atoms with E-state index in [0.29, 0.717) is 5.94 Å². The first-order chi connectivity index (χ1) is 6.98. The van der Waals surface area contributed by atoms with Crippen molar-refractivity contribution in [3.05, 3.63) is 0 Å². The fourth-order valence-electron chi connectivity index (χ4n) is 1.92. The molecule has 15 heavy (non-hydrogen) atoms. The third kappa shape index (κ3) is 4.92. The van der Waals surface area contributed by atoms with Crippen molar-refractivity contribution in [3.8, 4) is 0 Å². The lowest BCUT2D eigenvalue weighted by molar-refractivity contribution is -0.155. The summed E-state index contributed by atoms with van der Waals surface area (Å²) in [6, 6.07) is 0. The molecule has 0 aliphatic heterocycles. The van der Waals surface area contributed by atoms with E-state index >= 15 is 0 Å². The predicted octanol–water partition coefficient (Wildman–Crippen LogP) is 3.56. The van der Waals surface area contributed by atoms with E-state index in [4.69, 9.17) is 6.11 Å². The molecule has 2 nitrogen and oxygen atoms in total. The molecule has 0 saturated carbocycles. The third-order valence-corrected chi connectivity index (χ3v) is 2.37. The summed E-state index contributed by atoms with van der Waals surface area (Å²) in [5, 5.41) is 0. The molecule has 0 amide bonds. The normalized spacial score (nSPS) is 14.7. The van der Waals surface area contributed by atoms with Crippen LogP contribution in [0.4, 0.5) is 0 Å². The largest absolute Gasteiger partial charge is 0.454 e. The number of hydrogen-bond acceptors (Lipinski definition) is 3. The van der Waals surface area contributed by atoms with Gasteiger partial charge in [0.15, 0.2) is 0 Å². The lowest BCUT2D eigenvalue weighted by atomic mass is 9.67. The summed E-state index contributed by atoms with van der Waals surface area (Å²) in [5.74, 6) is -1.36. The number of ether oxygens (including phenoxy) is 1. The van der Waals surface area contributed by atoms with Crippen LogP contribution in [0.3, 0.4) is 0 Å². The Balaban J connectivity index is 5.19. The van der Waals surface area contributed by atoms with Crippen molar-refractivity contribution < 1.29 is 10.9 Å². The molecule has 0 N–H and O–H groups in total. The van der Waals surface area contributed by atoms with E-state index in [2.05, 4.69) is 0 Å². The van der Waals surface area contributed by atoms with Crippen molar-refractivity contribution in [1.82, 2.24) is 0 Å². The molecule has 0 fully saturated rings. The maximum Gasteiger partial charge on any atom is 0.310 e. The average Bonchev–Trinajstić information content (AvgIpc) is 2.08. The van der Waals surface area contributed by atoms with Crippen LogP contribution in [-0.4, -0.2) is 18.2 Å². The Morgan fingerprint density at radius 3 is 1.93 bits per heavy atom. The second-order valence-electron chi connectivity index (χ2n) is 5.71. The Hall–Kier alpha value is -0.180. The molecule has 0 aliphatic rings. The minimum atomic E-state index is -1.24. The van der Waals surface area contributed by atoms with Crippen LogP contribution in [0.2, 0.25) is 0 Å². The number of thioether (sulfide) groups is 1. The van der Waals surface area contributed by atoms with E-state index in [1.165, 1.54) is 11.8 Å². The van der Waals surface area contributed by atoms with E-state index in [-0.39, 0.29) is 0 Å². The fraction of sp³-hybridized carbons (Fsp3) is 0.917. The number of hydrogen-bond donors (Lipinski definition) is 0. The zero-order valence-electron chi connectivity index (χ0n) is 11.9. The molecule has 0 aromatic carbocycles. The maximum absolute atomic E-state index is 12.1. The van der Waals surface area contributed by atoms with Crippen molar-refractivity contribution in [2.24, 2.45) is 16.7 Å². The summed E-state index contributed by atoms with van der Waals surface area (Å²) in [4.78, 5) is 12.1. The van der Waals surface area contributed by atoms with Crippen molar-refractivity contribution in [2.45, 2.75) is 41.5 Å². The molecule has 0 aromatic heterocycles. The molecule has 0 aromatic rings. The minimum Gasteiger partial charge on any atom is -0.454 e. The summed E-state index contributed by atoms with van der Waals surface area (Å²) in [5.41, 5.74) is -0.915. The Morgan fingerprint density at radius 2 is 1.67 bits per heavy atom. The van der Waals surface area contributed by atoms with Gasteiger partial charge in [-0.05, 0) is 17.1 Å². The molecule has 0 atom stereocenters. The van der Waals surface area contributed by atoms with E-state index in [1.54, 1.807) is 0 Å². The third-order valence-electron chi connectivity index (χ3n) is 2.01. The van der Waals surface area contributed by atoms with Crippen molar-refractivity contribution in [3.63, 3.8) is 0 Å². The molecule has 0 saturated heterocycles. The van der Waals surface area contributed by atoms with E-state index in [9.17, 15) is 4.79 Å². The number of esters is 1. The van der Waals surface area contributed by atoms with Gasteiger partial charge in [0.05, 0.1) is 5.89 Å². The molecule has 0 bridgehead atoms. The Bertz CT molecular complexity index is 237. The highest BCUT2D eigenvalue weighted by Crippen LogP contribution is 2.40. The van der Waals surface area contributed by atoms with Gasteiger partial charge in [-0.1, -0.05) is 41.5 Å². The molecule has 0 rings (SSSR count). The summed E-state index contributed by atoms with van der Waals surface area (Å²) in [7, 11) is 0. The molecule has 3 heteroatoms. The summed E-state index contributed by atoms with van der Waals surface area (Å²) < 4.78 is 13.7. The molecular weight excluding hydrogens is 208 g/mol. The van der Waals surface area contributed by atoms with Gasteiger partial charge in [0.2, 0.25) is 0 Å². The number of carbonyl (C=O) groups is 1. The van der Waals surface area contributed by atoms with Crippen LogP contribution in [0.25, 0.3) is 0 Å². The number of rotatable bonds is 3. The van der Waals surface area contributed by atoms with Gasteiger partial charge in [-0.15, -0.1) is 11.8 Å². The van der Waals surface area contributed by atoms with E-state index in [1.807, 2.05) is 47.8 Å². The minimum absolute atomic E-state index is 0.311. The van der Waals surface area contributed by atoms with Crippen LogP contribution in [0.1, 0.15) is 42.9 Å². The molecule has 0 spiro atoms. The maximum atomic E-state index is 12.1. The summed E-state index contributed by atoms with van der Waals surface area (Å²) >= 11 is 1.44. The molecule has 0 unspecified atom stereocenters. The number of carbonyl (C=O) groups excluding carboxylic acids is 1. The first-order valence-corrected chi connectivity index (χ1v) is 6.54. The molecule has 0 heterocycles. The Morgan fingerprint density at radius 1 is 1.27 bits per heavy atom. The second kappa shape index (κ2) is 5.24.